The molecule has 2 N–H and O–H groups in total. The van der Waals surface area contributed by atoms with Crippen molar-refractivity contribution in [1.82, 2.24) is 4.57 Å². The summed E-state index contributed by atoms with van der Waals surface area (Å²) in [6, 6.07) is 4.28. The smallest absolute Gasteiger partial charge is 0.0230 e. The van der Waals surface area contributed by atoms with Gasteiger partial charge in [-0.25, -0.2) is 0 Å². The largest absolute Gasteiger partial charge is 0.351 e. The lowest BCUT2D eigenvalue weighted by Gasteiger charge is -2.07. The highest BCUT2D eigenvalue weighted by atomic mass is 32.2. The van der Waals surface area contributed by atoms with Gasteiger partial charge in [0.2, 0.25) is 0 Å². The first-order chi connectivity index (χ1) is 6.88. The zero-order valence-corrected chi connectivity index (χ0v) is 9.72. The molecule has 0 amide bonds. The second-order valence-electron chi connectivity index (χ2n) is 3.28. The van der Waals surface area contributed by atoms with E-state index in [1.54, 1.807) is 0 Å². The van der Waals surface area contributed by atoms with Gasteiger partial charge in [0, 0.05) is 18.4 Å². The normalized spacial score (nSPS) is 10.7. The maximum Gasteiger partial charge on any atom is 0.0230 e. The van der Waals surface area contributed by atoms with E-state index in [1.165, 1.54) is 23.6 Å². The lowest BCUT2D eigenvalue weighted by atomic mass is 10.3. The monoisotopic (exact) mass is 212 g/mol. The molecule has 2 nitrogen and oxygen atoms in total. The maximum atomic E-state index is 5.55. The van der Waals surface area contributed by atoms with Crippen molar-refractivity contribution in [3.63, 3.8) is 0 Å². The highest BCUT2D eigenvalue weighted by Crippen LogP contribution is 2.07. The average Bonchev–Trinajstić information content (AvgIpc) is 2.61. The van der Waals surface area contributed by atoms with Crippen molar-refractivity contribution in [2.24, 2.45) is 5.73 Å². The van der Waals surface area contributed by atoms with Gasteiger partial charge >= 0.3 is 0 Å². The van der Waals surface area contributed by atoms with Crippen LogP contribution in [0, 0.1) is 0 Å². The van der Waals surface area contributed by atoms with E-state index in [4.69, 9.17) is 5.73 Å². The second kappa shape index (κ2) is 6.96. The van der Waals surface area contributed by atoms with Gasteiger partial charge in [0.05, 0.1) is 0 Å². The molecule has 1 aromatic rings. The summed E-state index contributed by atoms with van der Waals surface area (Å²) in [5, 5.41) is 0. The van der Waals surface area contributed by atoms with Crippen molar-refractivity contribution < 1.29 is 0 Å². The van der Waals surface area contributed by atoms with Crippen molar-refractivity contribution in [1.29, 1.82) is 0 Å². The van der Waals surface area contributed by atoms with Crippen LogP contribution < -0.4 is 5.73 Å². The van der Waals surface area contributed by atoms with Crippen LogP contribution >= 0.6 is 11.8 Å². The summed E-state index contributed by atoms with van der Waals surface area (Å²) >= 11 is 2.01. The number of hydrogen-bond donors (Lipinski definition) is 1. The third-order valence-corrected chi connectivity index (χ3v) is 3.20. The van der Waals surface area contributed by atoms with Crippen LogP contribution in [-0.4, -0.2) is 22.6 Å². The molecule has 0 bridgehead atoms. The van der Waals surface area contributed by atoms with E-state index in [1.807, 2.05) is 11.8 Å². The van der Waals surface area contributed by atoms with Gasteiger partial charge in [-0.15, -0.1) is 0 Å². The molecule has 0 aliphatic carbocycles. The number of aryl methyl sites for hydroxylation is 1. The molecular formula is C11H20N2S. The minimum Gasteiger partial charge on any atom is -0.351 e. The van der Waals surface area contributed by atoms with E-state index < -0.39 is 0 Å². The van der Waals surface area contributed by atoms with Crippen molar-refractivity contribution in [3.05, 3.63) is 24.0 Å². The van der Waals surface area contributed by atoms with Crippen molar-refractivity contribution >= 4 is 11.8 Å². The summed E-state index contributed by atoms with van der Waals surface area (Å²) in [5.74, 6) is 2.48. The predicted molar refractivity (Wildman–Crippen MR) is 64.8 cm³/mol. The van der Waals surface area contributed by atoms with Gasteiger partial charge in [0.15, 0.2) is 0 Å². The van der Waals surface area contributed by atoms with Gasteiger partial charge in [-0.3, -0.25) is 0 Å². The fourth-order valence-electron chi connectivity index (χ4n) is 1.52. The van der Waals surface area contributed by atoms with E-state index in [-0.39, 0.29) is 0 Å². The van der Waals surface area contributed by atoms with Crippen LogP contribution in [0.1, 0.15) is 19.0 Å². The molecule has 14 heavy (non-hydrogen) atoms. The summed E-state index contributed by atoms with van der Waals surface area (Å²) in [6.07, 6.45) is 4.40. The Morgan fingerprint density at radius 3 is 3.07 bits per heavy atom. The van der Waals surface area contributed by atoms with Gasteiger partial charge in [-0.05, 0) is 43.0 Å². The first kappa shape index (κ1) is 11.7. The number of hydrogen-bond acceptors (Lipinski definition) is 2. The maximum absolute atomic E-state index is 5.55. The summed E-state index contributed by atoms with van der Waals surface area (Å²) in [6.45, 7) is 4.09. The van der Waals surface area contributed by atoms with Crippen LogP contribution in [0.4, 0.5) is 0 Å². The molecule has 0 atom stereocenters. The van der Waals surface area contributed by atoms with Crippen LogP contribution in [0.15, 0.2) is 18.3 Å². The van der Waals surface area contributed by atoms with Crippen LogP contribution in [0.5, 0.6) is 0 Å². The number of thioether (sulfide) groups is 1. The zero-order valence-electron chi connectivity index (χ0n) is 8.91. The van der Waals surface area contributed by atoms with Crippen molar-refractivity contribution in [2.45, 2.75) is 26.3 Å². The molecule has 80 valence electrons. The van der Waals surface area contributed by atoms with E-state index >= 15 is 0 Å². The van der Waals surface area contributed by atoms with Gasteiger partial charge in [0.25, 0.3) is 0 Å². The molecule has 1 rings (SSSR count). The fourth-order valence-corrected chi connectivity index (χ4v) is 2.15. The SMILES string of the molecule is CCSCCCn1cccc1CCN. The van der Waals surface area contributed by atoms with Crippen LogP contribution in [-0.2, 0) is 13.0 Å². The molecular weight excluding hydrogens is 192 g/mol. The minimum absolute atomic E-state index is 0.744. The number of rotatable bonds is 7. The van der Waals surface area contributed by atoms with Crippen LogP contribution in [0.3, 0.4) is 0 Å². The summed E-state index contributed by atoms with van der Waals surface area (Å²) in [4.78, 5) is 0. The highest BCUT2D eigenvalue weighted by molar-refractivity contribution is 7.99. The molecule has 0 fully saturated rings. The standard InChI is InChI=1S/C11H20N2S/c1-2-14-10-4-9-13-8-3-5-11(13)6-7-12/h3,5,8H,2,4,6-7,9-10,12H2,1H3. The van der Waals surface area contributed by atoms with Crippen molar-refractivity contribution in [3.8, 4) is 0 Å². The Morgan fingerprint density at radius 2 is 2.36 bits per heavy atom. The zero-order chi connectivity index (χ0) is 10.2. The van der Waals surface area contributed by atoms with E-state index in [2.05, 4.69) is 29.8 Å². The molecule has 0 radical (unpaired) electrons. The summed E-state index contributed by atoms with van der Waals surface area (Å²) in [7, 11) is 0. The number of nitrogens with zero attached hydrogens (tertiary/aromatic N) is 1. The van der Waals surface area contributed by atoms with E-state index in [0.29, 0.717) is 0 Å². The van der Waals surface area contributed by atoms with Crippen molar-refractivity contribution in [2.75, 3.05) is 18.1 Å². The third kappa shape index (κ3) is 3.76. The van der Waals surface area contributed by atoms with Gasteiger partial charge in [0.1, 0.15) is 0 Å². The molecule has 1 aromatic heterocycles. The molecule has 3 heteroatoms. The van der Waals surface area contributed by atoms with Gasteiger partial charge in [-0.2, -0.15) is 11.8 Å². The fraction of sp³-hybridized carbons (Fsp3) is 0.636. The molecule has 1 heterocycles. The first-order valence-corrected chi connectivity index (χ1v) is 6.45. The Hall–Kier alpha value is -0.410. The Balaban J connectivity index is 2.30. The van der Waals surface area contributed by atoms with E-state index in [9.17, 15) is 0 Å². The molecule has 0 spiro atoms. The lowest BCUT2D eigenvalue weighted by molar-refractivity contribution is 0.651. The first-order valence-electron chi connectivity index (χ1n) is 5.30. The van der Waals surface area contributed by atoms with Gasteiger partial charge < -0.3 is 10.3 Å². The summed E-state index contributed by atoms with van der Waals surface area (Å²) in [5.41, 5.74) is 6.92. The Kier molecular flexibility index (Phi) is 5.80. The topological polar surface area (TPSA) is 30.9 Å². The Labute approximate surface area is 90.9 Å². The molecule has 0 aliphatic rings. The predicted octanol–water partition coefficient (Wildman–Crippen LogP) is 2.13. The van der Waals surface area contributed by atoms with Crippen LogP contribution in [0.2, 0.25) is 0 Å². The third-order valence-electron chi connectivity index (χ3n) is 2.22. The Bertz CT molecular complexity index is 245. The Morgan fingerprint density at radius 1 is 1.50 bits per heavy atom. The lowest BCUT2D eigenvalue weighted by Crippen LogP contribution is -2.09. The second-order valence-corrected chi connectivity index (χ2v) is 4.68. The number of nitrogens with two attached hydrogens (primary N) is 1. The quantitative estimate of drug-likeness (QED) is 0.702. The summed E-state index contributed by atoms with van der Waals surface area (Å²) < 4.78 is 2.32. The molecule has 0 saturated carbocycles. The van der Waals surface area contributed by atoms with Crippen LogP contribution in [0.25, 0.3) is 0 Å². The molecule has 0 unspecified atom stereocenters. The molecule has 0 aliphatic heterocycles. The van der Waals surface area contributed by atoms with E-state index in [0.717, 1.165) is 19.5 Å². The minimum atomic E-state index is 0.744. The molecule has 0 saturated heterocycles. The van der Waals surface area contributed by atoms with Gasteiger partial charge in [-0.1, -0.05) is 6.92 Å². The highest BCUT2D eigenvalue weighted by Gasteiger charge is 1.98. The number of aromatic nitrogens is 1. The molecule has 0 aromatic carbocycles. The average molecular weight is 212 g/mol.